The molecule has 2 N–H and O–H groups in total. The van der Waals surface area contributed by atoms with Crippen molar-refractivity contribution in [2.45, 2.75) is 18.9 Å². The van der Waals surface area contributed by atoms with E-state index < -0.39 is 0 Å². The summed E-state index contributed by atoms with van der Waals surface area (Å²) in [7, 11) is 1.61. The van der Waals surface area contributed by atoms with Crippen LogP contribution in [0.3, 0.4) is 0 Å². The third kappa shape index (κ3) is 3.13. The zero-order valence-electron chi connectivity index (χ0n) is 14.5. The highest BCUT2D eigenvalue weighted by Gasteiger charge is 2.17. The molecule has 1 aliphatic heterocycles. The predicted molar refractivity (Wildman–Crippen MR) is 99.6 cm³/mol. The molecule has 1 aliphatic rings. The van der Waals surface area contributed by atoms with Gasteiger partial charge in [-0.3, -0.25) is 9.78 Å². The van der Waals surface area contributed by atoms with Gasteiger partial charge < -0.3 is 14.8 Å². The van der Waals surface area contributed by atoms with Crippen LogP contribution in [0, 0.1) is 0 Å². The van der Waals surface area contributed by atoms with Crippen molar-refractivity contribution in [1.82, 2.24) is 15.0 Å². The molecule has 0 saturated carbocycles. The van der Waals surface area contributed by atoms with Crippen molar-refractivity contribution in [3.8, 4) is 16.9 Å². The van der Waals surface area contributed by atoms with Gasteiger partial charge in [-0.25, -0.2) is 4.98 Å². The first-order valence-electron chi connectivity index (χ1n) is 8.64. The number of rotatable bonds is 5. The van der Waals surface area contributed by atoms with Gasteiger partial charge >= 0.3 is 0 Å². The summed E-state index contributed by atoms with van der Waals surface area (Å²) in [4.78, 5) is 24.3. The molecule has 1 unspecified atom stereocenters. The lowest BCUT2D eigenvalue weighted by Gasteiger charge is -2.12. The Labute approximate surface area is 150 Å². The maximum atomic E-state index is 12.7. The molecule has 0 amide bonds. The molecular formula is C19H20N4O3. The number of anilines is 1. The summed E-state index contributed by atoms with van der Waals surface area (Å²) in [6, 6.07) is 9.37. The Morgan fingerprint density at radius 2 is 2.19 bits per heavy atom. The van der Waals surface area contributed by atoms with E-state index in [0.29, 0.717) is 29.3 Å². The van der Waals surface area contributed by atoms with Gasteiger partial charge in [-0.15, -0.1) is 0 Å². The van der Waals surface area contributed by atoms with Gasteiger partial charge in [0.2, 0.25) is 5.95 Å². The number of fused-ring (bicyclic) bond motifs is 1. The fourth-order valence-electron chi connectivity index (χ4n) is 3.25. The van der Waals surface area contributed by atoms with Crippen LogP contribution >= 0.6 is 0 Å². The number of aromatic nitrogens is 3. The van der Waals surface area contributed by atoms with Crippen molar-refractivity contribution >= 4 is 17.0 Å². The summed E-state index contributed by atoms with van der Waals surface area (Å²) in [6.07, 6.45) is 3.89. The van der Waals surface area contributed by atoms with Crippen LogP contribution in [0.2, 0.25) is 0 Å². The Morgan fingerprint density at radius 3 is 3.00 bits per heavy atom. The van der Waals surface area contributed by atoms with E-state index in [0.717, 1.165) is 30.6 Å². The number of nitrogens with zero attached hydrogens (tertiary/aromatic N) is 2. The van der Waals surface area contributed by atoms with Crippen molar-refractivity contribution < 1.29 is 9.47 Å². The summed E-state index contributed by atoms with van der Waals surface area (Å²) in [5.74, 6) is 1.10. The van der Waals surface area contributed by atoms with Crippen LogP contribution in [0.25, 0.3) is 22.2 Å². The molecule has 0 aliphatic carbocycles. The second-order valence-corrected chi connectivity index (χ2v) is 6.19. The van der Waals surface area contributed by atoms with Crippen LogP contribution in [0.15, 0.2) is 41.3 Å². The number of nitrogens with one attached hydrogen (secondary N) is 2. The third-order valence-electron chi connectivity index (χ3n) is 4.53. The molecule has 134 valence electrons. The average Bonchev–Trinajstić information content (AvgIpc) is 3.19. The standard InChI is InChI=1S/C19H20N4O3/c1-25-15-7-3-2-6-13(15)14-8-9-20-17-16(14)18(24)23-19(22-17)21-11-12-5-4-10-26-12/h2-3,6-9,12H,4-5,10-11H2,1H3,(H2,20,21,22,23,24). The van der Waals surface area contributed by atoms with Crippen molar-refractivity contribution in [2.75, 3.05) is 25.6 Å². The van der Waals surface area contributed by atoms with Crippen molar-refractivity contribution in [3.05, 3.63) is 46.9 Å². The Morgan fingerprint density at radius 1 is 1.31 bits per heavy atom. The maximum absolute atomic E-state index is 12.7. The average molecular weight is 352 g/mol. The largest absolute Gasteiger partial charge is 0.496 e. The number of aromatic amines is 1. The first-order chi connectivity index (χ1) is 12.8. The quantitative estimate of drug-likeness (QED) is 0.734. The third-order valence-corrected chi connectivity index (χ3v) is 4.53. The van der Waals surface area contributed by atoms with Gasteiger partial charge in [0.1, 0.15) is 5.75 Å². The number of benzene rings is 1. The number of hydrogen-bond acceptors (Lipinski definition) is 6. The summed E-state index contributed by atoms with van der Waals surface area (Å²) >= 11 is 0. The molecule has 4 rings (SSSR count). The Balaban J connectivity index is 1.73. The van der Waals surface area contributed by atoms with Crippen LogP contribution in [0.4, 0.5) is 5.95 Å². The SMILES string of the molecule is COc1ccccc1-c1ccnc2nc(NCC3CCCO3)[nH]c(=O)c12. The topological polar surface area (TPSA) is 89.1 Å². The van der Waals surface area contributed by atoms with E-state index in [-0.39, 0.29) is 11.7 Å². The molecule has 1 aromatic carbocycles. The highest BCUT2D eigenvalue weighted by molar-refractivity contribution is 5.93. The molecule has 3 heterocycles. The number of hydrogen-bond donors (Lipinski definition) is 2. The highest BCUT2D eigenvalue weighted by Crippen LogP contribution is 2.32. The van der Waals surface area contributed by atoms with Crippen molar-refractivity contribution in [3.63, 3.8) is 0 Å². The van der Waals surface area contributed by atoms with Gasteiger partial charge in [0, 0.05) is 30.5 Å². The normalized spacial score (nSPS) is 16.7. The minimum atomic E-state index is -0.237. The zero-order chi connectivity index (χ0) is 17.9. The van der Waals surface area contributed by atoms with Crippen molar-refractivity contribution in [2.24, 2.45) is 0 Å². The van der Waals surface area contributed by atoms with E-state index in [1.807, 2.05) is 24.3 Å². The second-order valence-electron chi connectivity index (χ2n) is 6.19. The molecule has 3 aromatic rings. The van der Waals surface area contributed by atoms with E-state index in [4.69, 9.17) is 9.47 Å². The Hall–Kier alpha value is -2.93. The molecule has 7 nitrogen and oxygen atoms in total. The second kappa shape index (κ2) is 7.13. The molecule has 1 fully saturated rings. The fraction of sp³-hybridized carbons (Fsp3) is 0.316. The number of ether oxygens (including phenoxy) is 2. The minimum absolute atomic E-state index is 0.156. The van der Waals surface area contributed by atoms with Crippen LogP contribution in [-0.2, 0) is 4.74 Å². The van der Waals surface area contributed by atoms with Gasteiger partial charge in [-0.05, 0) is 25.0 Å². The molecule has 1 atom stereocenters. The smallest absolute Gasteiger partial charge is 0.262 e. The fourth-order valence-corrected chi connectivity index (χ4v) is 3.25. The summed E-state index contributed by atoms with van der Waals surface area (Å²) < 4.78 is 11.0. The van der Waals surface area contributed by atoms with Gasteiger partial charge in [0.05, 0.1) is 18.6 Å². The molecule has 1 saturated heterocycles. The van der Waals surface area contributed by atoms with Crippen LogP contribution in [0.1, 0.15) is 12.8 Å². The lowest BCUT2D eigenvalue weighted by molar-refractivity contribution is 0.120. The molecule has 7 heteroatoms. The van der Waals surface area contributed by atoms with E-state index in [1.165, 1.54) is 0 Å². The molecule has 2 aromatic heterocycles. The predicted octanol–water partition coefficient (Wildman–Crippen LogP) is 2.58. The molecule has 0 spiro atoms. The van der Waals surface area contributed by atoms with Crippen LogP contribution < -0.4 is 15.6 Å². The molecular weight excluding hydrogens is 332 g/mol. The van der Waals surface area contributed by atoms with Crippen LogP contribution in [0.5, 0.6) is 5.75 Å². The summed E-state index contributed by atoms with van der Waals surface area (Å²) in [6.45, 7) is 1.40. The number of H-pyrrole nitrogens is 1. The summed E-state index contributed by atoms with van der Waals surface area (Å²) in [5, 5.41) is 3.59. The first-order valence-corrected chi connectivity index (χ1v) is 8.64. The molecule has 0 bridgehead atoms. The number of para-hydroxylation sites is 1. The minimum Gasteiger partial charge on any atom is -0.496 e. The van der Waals surface area contributed by atoms with E-state index in [9.17, 15) is 4.79 Å². The number of pyridine rings is 1. The van der Waals surface area contributed by atoms with Gasteiger partial charge in [-0.2, -0.15) is 4.98 Å². The van der Waals surface area contributed by atoms with E-state index in [2.05, 4.69) is 20.3 Å². The first kappa shape index (κ1) is 16.5. The number of methoxy groups -OCH3 is 1. The van der Waals surface area contributed by atoms with Gasteiger partial charge in [0.25, 0.3) is 5.56 Å². The maximum Gasteiger partial charge on any atom is 0.262 e. The van der Waals surface area contributed by atoms with E-state index in [1.54, 1.807) is 19.4 Å². The Kier molecular flexibility index (Phi) is 4.53. The molecule has 0 radical (unpaired) electrons. The molecule has 26 heavy (non-hydrogen) atoms. The highest BCUT2D eigenvalue weighted by atomic mass is 16.5. The zero-order valence-corrected chi connectivity index (χ0v) is 14.5. The lowest BCUT2D eigenvalue weighted by Crippen LogP contribution is -2.22. The van der Waals surface area contributed by atoms with Crippen LogP contribution in [-0.4, -0.2) is 41.3 Å². The monoisotopic (exact) mass is 352 g/mol. The van der Waals surface area contributed by atoms with Crippen molar-refractivity contribution in [1.29, 1.82) is 0 Å². The lowest BCUT2D eigenvalue weighted by atomic mass is 10.0. The van der Waals surface area contributed by atoms with E-state index >= 15 is 0 Å². The Bertz CT molecular complexity index is 980. The van der Waals surface area contributed by atoms with Gasteiger partial charge in [-0.1, -0.05) is 18.2 Å². The summed E-state index contributed by atoms with van der Waals surface area (Å²) in [5.41, 5.74) is 1.73. The van der Waals surface area contributed by atoms with Gasteiger partial charge in [0.15, 0.2) is 5.65 Å².